The van der Waals surface area contributed by atoms with Crippen molar-refractivity contribution < 1.29 is 14.2 Å². The van der Waals surface area contributed by atoms with Crippen LogP contribution < -0.4 is 4.74 Å². The predicted molar refractivity (Wildman–Crippen MR) is 84.8 cm³/mol. The molecule has 2 rings (SSSR count). The molecule has 108 valence electrons. The van der Waals surface area contributed by atoms with E-state index in [-0.39, 0.29) is 0 Å². The molecule has 0 saturated carbocycles. The minimum absolute atomic E-state index is 0.544. The Bertz CT molecular complexity index is 542. The number of methoxy groups -OCH3 is 1. The molecule has 0 atom stereocenters. The molecule has 0 unspecified atom stereocenters. The summed E-state index contributed by atoms with van der Waals surface area (Å²) in [6.07, 6.45) is 0. The second kappa shape index (κ2) is 8.25. The Morgan fingerprint density at radius 2 is 1.75 bits per heavy atom. The molecule has 0 aromatic heterocycles. The van der Waals surface area contributed by atoms with E-state index in [0.29, 0.717) is 26.4 Å². The average molecular weight is 339 g/mol. The van der Waals surface area contributed by atoms with Gasteiger partial charge in [0, 0.05) is 18.0 Å². The minimum atomic E-state index is 0.544. The lowest BCUT2D eigenvalue weighted by Gasteiger charge is -2.13. The van der Waals surface area contributed by atoms with Crippen LogP contribution in [0.5, 0.6) is 5.75 Å². The highest BCUT2D eigenvalue weighted by Crippen LogP contribution is 2.29. The van der Waals surface area contributed by atoms with Crippen molar-refractivity contribution in [2.75, 3.05) is 33.5 Å². The summed E-state index contributed by atoms with van der Waals surface area (Å²) in [6.45, 7) is 2.32. The molecule has 2 aromatic carbocycles. The number of hydrogen-bond acceptors (Lipinski definition) is 3. The SMILES string of the molecule is COCCOCCOc1ccc2ccccc2c1CBr. The van der Waals surface area contributed by atoms with E-state index in [1.165, 1.54) is 16.3 Å². The second-order valence-corrected chi connectivity index (χ2v) is 4.91. The summed E-state index contributed by atoms with van der Waals surface area (Å²) in [6, 6.07) is 12.4. The Morgan fingerprint density at radius 3 is 2.55 bits per heavy atom. The molecule has 0 bridgehead atoms. The van der Waals surface area contributed by atoms with Gasteiger partial charge in [-0.25, -0.2) is 0 Å². The molecular formula is C16H19BrO3. The summed E-state index contributed by atoms with van der Waals surface area (Å²) in [4.78, 5) is 0. The summed E-state index contributed by atoms with van der Waals surface area (Å²) >= 11 is 3.54. The molecule has 0 spiro atoms. The van der Waals surface area contributed by atoms with Crippen LogP contribution in [0.3, 0.4) is 0 Å². The van der Waals surface area contributed by atoms with Crippen LogP contribution in [0.4, 0.5) is 0 Å². The number of ether oxygens (including phenoxy) is 3. The van der Waals surface area contributed by atoms with Crippen molar-refractivity contribution in [1.29, 1.82) is 0 Å². The van der Waals surface area contributed by atoms with Crippen molar-refractivity contribution in [3.63, 3.8) is 0 Å². The Balaban J connectivity index is 1.99. The molecule has 0 amide bonds. The van der Waals surface area contributed by atoms with Crippen molar-refractivity contribution in [3.05, 3.63) is 42.0 Å². The van der Waals surface area contributed by atoms with Gasteiger partial charge in [-0.05, 0) is 16.8 Å². The fourth-order valence-corrected chi connectivity index (χ4v) is 2.62. The molecule has 0 N–H and O–H groups in total. The van der Waals surface area contributed by atoms with E-state index >= 15 is 0 Å². The van der Waals surface area contributed by atoms with Gasteiger partial charge in [0.2, 0.25) is 0 Å². The Kier molecular flexibility index (Phi) is 6.30. The first-order chi connectivity index (χ1) is 9.86. The van der Waals surface area contributed by atoms with Crippen molar-refractivity contribution in [1.82, 2.24) is 0 Å². The van der Waals surface area contributed by atoms with Gasteiger partial charge in [0.25, 0.3) is 0 Å². The van der Waals surface area contributed by atoms with E-state index in [1.807, 2.05) is 18.2 Å². The van der Waals surface area contributed by atoms with Gasteiger partial charge in [0.15, 0.2) is 0 Å². The largest absolute Gasteiger partial charge is 0.491 e. The number of rotatable bonds is 8. The zero-order valence-corrected chi connectivity index (χ0v) is 13.2. The van der Waals surface area contributed by atoms with Gasteiger partial charge >= 0.3 is 0 Å². The average Bonchev–Trinajstić information content (AvgIpc) is 2.50. The molecule has 0 aliphatic rings. The highest BCUT2D eigenvalue weighted by molar-refractivity contribution is 9.08. The Morgan fingerprint density at radius 1 is 0.950 bits per heavy atom. The number of benzene rings is 2. The Hall–Kier alpha value is -1.10. The quantitative estimate of drug-likeness (QED) is 0.541. The fraction of sp³-hybridized carbons (Fsp3) is 0.375. The van der Waals surface area contributed by atoms with Gasteiger partial charge in [-0.15, -0.1) is 0 Å². The summed E-state index contributed by atoms with van der Waals surface area (Å²) in [5.41, 5.74) is 1.18. The molecule has 0 aliphatic carbocycles. The second-order valence-electron chi connectivity index (χ2n) is 4.35. The third kappa shape index (κ3) is 3.95. The lowest BCUT2D eigenvalue weighted by molar-refractivity contribution is 0.0543. The van der Waals surface area contributed by atoms with Gasteiger partial charge in [-0.2, -0.15) is 0 Å². The van der Waals surface area contributed by atoms with Gasteiger partial charge in [-0.3, -0.25) is 0 Å². The summed E-state index contributed by atoms with van der Waals surface area (Å²) < 4.78 is 16.1. The van der Waals surface area contributed by atoms with E-state index in [1.54, 1.807) is 7.11 Å². The highest BCUT2D eigenvalue weighted by atomic mass is 79.9. The zero-order valence-electron chi connectivity index (χ0n) is 11.6. The first kappa shape index (κ1) is 15.3. The lowest BCUT2D eigenvalue weighted by atomic mass is 10.0. The van der Waals surface area contributed by atoms with Crippen LogP contribution in [0.2, 0.25) is 0 Å². The van der Waals surface area contributed by atoms with Crippen molar-refractivity contribution in [3.8, 4) is 5.75 Å². The van der Waals surface area contributed by atoms with Crippen molar-refractivity contribution in [2.24, 2.45) is 0 Å². The maximum atomic E-state index is 5.82. The maximum Gasteiger partial charge on any atom is 0.124 e. The van der Waals surface area contributed by atoms with E-state index in [4.69, 9.17) is 14.2 Å². The van der Waals surface area contributed by atoms with E-state index < -0.39 is 0 Å². The number of fused-ring (bicyclic) bond motifs is 1. The first-order valence-corrected chi connectivity index (χ1v) is 7.75. The third-order valence-electron chi connectivity index (χ3n) is 3.05. The monoisotopic (exact) mass is 338 g/mol. The number of halogens is 1. The molecule has 0 heterocycles. The molecule has 0 radical (unpaired) electrons. The number of alkyl halides is 1. The maximum absolute atomic E-state index is 5.82. The molecule has 4 heteroatoms. The molecule has 0 saturated heterocycles. The van der Waals surface area contributed by atoms with Crippen LogP contribution in [0.15, 0.2) is 36.4 Å². The van der Waals surface area contributed by atoms with Crippen LogP contribution in [-0.4, -0.2) is 33.5 Å². The van der Waals surface area contributed by atoms with E-state index in [2.05, 4.69) is 34.1 Å². The van der Waals surface area contributed by atoms with Gasteiger partial charge < -0.3 is 14.2 Å². The topological polar surface area (TPSA) is 27.7 Å². The fourth-order valence-electron chi connectivity index (χ4n) is 2.04. The van der Waals surface area contributed by atoms with E-state index in [0.717, 1.165) is 11.1 Å². The van der Waals surface area contributed by atoms with Crippen LogP contribution in [0.1, 0.15) is 5.56 Å². The Labute approximate surface area is 128 Å². The van der Waals surface area contributed by atoms with Gasteiger partial charge in [-0.1, -0.05) is 46.3 Å². The molecule has 2 aromatic rings. The van der Waals surface area contributed by atoms with E-state index in [9.17, 15) is 0 Å². The normalized spacial score (nSPS) is 10.9. The lowest BCUT2D eigenvalue weighted by Crippen LogP contribution is -2.10. The molecule has 3 nitrogen and oxygen atoms in total. The molecular weight excluding hydrogens is 320 g/mol. The molecule has 0 aliphatic heterocycles. The summed E-state index contributed by atoms with van der Waals surface area (Å²) in [5, 5.41) is 3.22. The molecule has 0 fully saturated rings. The summed E-state index contributed by atoms with van der Waals surface area (Å²) in [7, 11) is 1.66. The smallest absolute Gasteiger partial charge is 0.124 e. The van der Waals surface area contributed by atoms with Gasteiger partial charge in [0.1, 0.15) is 12.4 Å². The van der Waals surface area contributed by atoms with Crippen LogP contribution in [0.25, 0.3) is 10.8 Å². The van der Waals surface area contributed by atoms with Crippen molar-refractivity contribution >= 4 is 26.7 Å². The van der Waals surface area contributed by atoms with Gasteiger partial charge in [0.05, 0.1) is 19.8 Å². The zero-order chi connectivity index (χ0) is 14.2. The molecule has 20 heavy (non-hydrogen) atoms. The number of hydrogen-bond donors (Lipinski definition) is 0. The first-order valence-electron chi connectivity index (χ1n) is 6.63. The van der Waals surface area contributed by atoms with Crippen molar-refractivity contribution in [2.45, 2.75) is 5.33 Å². The minimum Gasteiger partial charge on any atom is -0.491 e. The van der Waals surface area contributed by atoms with Crippen LogP contribution in [-0.2, 0) is 14.8 Å². The van der Waals surface area contributed by atoms with Crippen LogP contribution in [0, 0.1) is 0 Å². The predicted octanol–water partition coefficient (Wildman–Crippen LogP) is 3.78. The third-order valence-corrected chi connectivity index (χ3v) is 3.61. The standard InChI is InChI=1S/C16H19BrO3/c1-18-8-9-19-10-11-20-16-7-6-13-4-2-3-5-14(13)15(16)12-17/h2-7H,8-12H2,1H3. The highest BCUT2D eigenvalue weighted by Gasteiger charge is 2.07. The summed E-state index contributed by atoms with van der Waals surface area (Å²) in [5.74, 6) is 0.913. The van der Waals surface area contributed by atoms with Crippen LogP contribution >= 0.6 is 15.9 Å².